The van der Waals surface area contributed by atoms with Crippen LogP contribution in [0.3, 0.4) is 0 Å². The second-order valence-corrected chi connectivity index (χ2v) is 11.2. The summed E-state index contributed by atoms with van der Waals surface area (Å²) in [5.74, 6) is -0.492. The van der Waals surface area contributed by atoms with Gasteiger partial charge in [-0.2, -0.15) is 0 Å². The Kier molecular flexibility index (Phi) is 9.18. The fraction of sp³-hybridized carbons (Fsp3) is 0.303. The molecule has 1 aliphatic rings. The minimum atomic E-state index is -0.331. The Bertz CT molecular complexity index is 1430. The van der Waals surface area contributed by atoms with Gasteiger partial charge in [0.15, 0.2) is 0 Å². The van der Waals surface area contributed by atoms with Crippen molar-refractivity contribution in [2.24, 2.45) is 0 Å². The van der Waals surface area contributed by atoms with Crippen LogP contribution in [0.2, 0.25) is 10.0 Å². The first-order valence-electron chi connectivity index (χ1n) is 13.7. The number of halogens is 3. The van der Waals surface area contributed by atoms with Gasteiger partial charge in [0.05, 0.1) is 10.0 Å². The fourth-order valence-electron chi connectivity index (χ4n) is 5.72. The molecule has 1 saturated heterocycles. The van der Waals surface area contributed by atoms with Gasteiger partial charge in [0, 0.05) is 29.5 Å². The first-order valence-corrected chi connectivity index (χ1v) is 14.4. The lowest BCUT2D eigenvalue weighted by molar-refractivity contribution is 0.0949. The topological polar surface area (TPSA) is 32.3 Å². The zero-order valence-electron chi connectivity index (χ0n) is 21.9. The lowest BCUT2D eigenvalue weighted by Crippen LogP contribution is -2.42. The Morgan fingerprint density at radius 2 is 1.69 bits per heavy atom. The summed E-state index contributed by atoms with van der Waals surface area (Å²) < 4.78 is 14.3. The average molecular weight is 564 g/mol. The highest BCUT2D eigenvalue weighted by atomic mass is 35.5. The maximum absolute atomic E-state index is 14.3. The quantitative estimate of drug-likeness (QED) is 0.222. The second kappa shape index (κ2) is 13.0. The zero-order valence-corrected chi connectivity index (χ0v) is 23.4. The van der Waals surface area contributed by atoms with Gasteiger partial charge in [0.2, 0.25) is 0 Å². The van der Waals surface area contributed by atoms with Crippen LogP contribution < -0.4 is 5.32 Å². The van der Waals surface area contributed by atoms with E-state index in [1.54, 1.807) is 24.3 Å². The van der Waals surface area contributed by atoms with Crippen LogP contribution in [-0.4, -0.2) is 36.5 Å². The third-order valence-corrected chi connectivity index (χ3v) is 8.61. The molecule has 1 N–H and O–H groups in total. The molecule has 2 unspecified atom stereocenters. The normalized spacial score (nSPS) is 16.7. The Balaban J connectivity index is 1.32. The van der Waals surface area contributed by atoms with Crippen molar-refractivity contribution in [1.29, 1.82) is 0 Å². The monoisotopic (exact) mass is 562 g/mol. The third-order valence-electron chi connectivity index (χ3n) is 7.87. The van der Waals surface area contributed by atoms with E-state index in [0.29, 0.717) is 39.0 Å². The van der Waals surface area contributed by atoms with E-state index in [0.717, 1.165) is 31.5 Å². The van der Waals surface area contributed by atoms with E-state index in [-0.39, 0.29) is 17.6 Å². The lowest BCUT2D eigenvalue weighted by Gasteiger charge is -2.37. The highest BCUT2D eigenvalue weighted by Crippen LogP contribution is 2.30. The summed E-state index contributed by atoms with van der Waals surface area (Å²) in [6.07, 6.45) is 5.57. The summed E-state index contributed by atoms with van der Waals surface area (Å²) in [5, 5.41) is 5.20. The fourth-order valence-corrected chi connectivity index (χ4v) is 6.02. The molecule has 5 rings (SSSR count). The molecule has 3 nitrogen and oxygen atoms in total. The largest absolute Gasteiger partial charge is 0.351 e. The van der Waals surface area contributed by atoms with Crippen molar-refractivity contribution in [3.05, 3.63) is 117 Å². The molecular weight excluding hydrogens is 530 g/mol. The molecule has 4 aromatic rings. The highest BCUT2D eigenvalue weighted by molar-refractivity contribution is 6.42. The predicted octanol–water partition coefficient (Wildman–Crippen LogP) is 8.29. The van der Waals surface area contributed by atoms with E-state index in [2.05, 4.69) is 40.5 Å². The Hall–Kier alpha value is -2.92. The zero-order chi connectivity index (χ0) is 27.2. The molecule has 0 spiro atoms. The van der Waals surface area contributed by atoms with Crippen molar-refractivity contribution < 1.29 is 9.18 Å². The summed E-state index contributed by atoms with van der Waals surface area (Å²) in [6, 6.07) is 26.9. The number of fused-ring (bicyclic) bond motifs is 1. The maximum Gasteiger partial charge on any atom is 0.251 e. The van der Waals surface area contributed by atoms with Gasteiger partial charge in [0.25, 0.3) is 5.91 Å². The average Bonchev–Trinajstić information content (AvgIpc) is 2.96. The van der Waals surface area contributed by atoms with Gasteiger partial charge in [-0.15, -0.1) is 0 Å². The molecule has 1 fully saturated rings. The summed E-state index contributed by atoms with van der Waals surface area (Å²) >= 11 is 12.6. The standard InChI is InChI=1S/C33H33Cl2FN2O/c34-30-15-13-24(21-31(30)35)25(17-19-38-18-7-6-10-26(38)20-23-8-2-1-3-9-23)22-37-33(39)29-14-16-32(36)28-12-5-4-11-27(28)29/h1-5,8-9,11-16,21,25-26H,6-7,10,17-20,22H2,(H,37,39). The Labute approximate surface area is 239 Å². The number of carbonyl (C=O) groups excluding carboxylic acids is 1. The van der Waals surface area contributed by atoms with Gasteiger partial charge >= 0.3 is 0 Å². The van der Waals surface area contributed by atoms with Crippen molar-refractivity contribution in [1.82, 2.24) is 10.2 Å². The van der Waals surface area contributed by atoms with Crippen LogP contribution in [0.5, 0.6) is 0 Å². The van der Waals surface area contributed by atoms with Crippen molar-refractivity contribution in [3.8, 4) is 0 Å². The van der Waals surface area contributed by atoms with Gasteiger partial charge in [-0.05, 0) is 79.6 Å². The molecule has 202 valence electrons. The molecule has 2 atom stereocenters. The third kappa shape index (κ3) is 6.81. The van der Waals surface area contributed by atoms with Crippen molar-refractivity contribution >= 4 is 39.9 Å². The molecule has 0 aliphatic carbocycles. The molecule has 0 aromatic heterocycles. The number of nitrogens with zero attached hydrogens (tertiary/aromatic N) is 1. The van der Waals surface area contributed by atoms with Crippen molar-refractivity contribution in [2.45, 2.75) is 44.1 Å². The van der Waals surface area contributed by atoms with E-state index < -0.39 is 0 Å². The van der Waals surface area contributed by atoms with Crippen LogP contribution in [0.4, 0.5) is 4.39 Å². The molecule has 4 aromatic carbocycles. The van der Waals surface area contributed by atoms with Crippen molar-refractivity contribution in [2.75, 3.05) is 19.6 Å². The summed E-state index contributed by atoms with van der Waals surface area (Å²) in [4.78, 5) is 15.9. The number of hydrogen-bond acceptors (Lipinski definition) is 2. The van der Waals surface area contributed by atoms with Gasteiger partial charge in [-0.3, -0.25) is 4.79 Å². The molecule has 0 saturated carbocycles. The molecule has 39 heavy (non-hydrogen) atoms. The summed E-state index contributed by atoms with van der Waals surface area (Å²) in [7, 11) is 0. The Morgan fingerprint density at radius 3 is 2.49 bits per heavy atom. The first-order chi connectivity index (χ1) is 19.0. The maximum atomic E-state index is 14.3. The molecule has 6 heteroatoms. The van der Waals surface area contributed by atoms with Crippen LogP contribution in [0, 0.1) is 5.82 Å². The molecule has 0 radical (unpaired) electrons. The Morgan fingerprint density at radius 1 is 0.923 bits per heavy atom. The number of likely N-dealkylation sites (tertiary alicyclic amines) is 1. The lowest BCUT2D eigenvalue weighted by atomic mass is 9.92. The minimum Gasteiger partial charge on any atom is -0.351 e. The van der Waals surface area contributed by atoms with Gasteiger partial charge in [0.1, 0.15) is 5.82 Å². The predicted molar refractivity (Wildman–Crippen MR) is 159 cm³/mol. The van der Waals surface area contributed by atoms with E-state index in [1.165, 1.54) is 30.9 Å². The summed E-state index contributed by atoms with van der Waals surface area (Å²) in [5.41, 5.74) is 2.89. The van der Waals surface area contributed by atoms with E-state index in [9.17, 15) is 9.18 Å². The molecule has 1 heterocycles. The summed E-state index contributed by atoms with van der Waals surface area (Å²) in [6.45, 7) is 2.46. The van der Waals surface area contributed by atoms with E-state index >= 15 is 0 Å². The van der Waals surface area contributed by atoms with Crippen molar-refractivity contribution in [3.63, 3.8) is 0 Å². The first kappa shape index (κ1) is 27.6. The van der Waals surface area contributed by atoms with Crippen LogP contribution in [0.15, 0.2) is 84.9 Å². The van der Waals surface area contributed by atoms with Gasteiger partial charge in [-0.25, -0.2) is 4.39 Å². The number of amides is 1. The highest BCUT2D eigenvalue weighted by Gasteiger charge is 2.24. The van der Waals surface area contributed by atoms with E-state index in [1.807, 2.05) is 24.3 Å². The van der Waals surface area contributed by atoms with Crippen LogP contribution in [0.1, 0.15) is 53.1 Å². The number of rotatable bonds is 9. The smallest absolute Gasteiger partial charge is 0.251 e. The number of benzene rings is 4. The SMILES string of the molecule is O=C(NCC(CCN1CCCCC1Cc1ccccc1)c1ccc(Cl)c(Cl)c1)c1ccc(F)c2ccccc12. The van der Waals surface area contributed by atoms with E-state index in [4.69, 9.17) is 23.2 Å². The minimum absolute atomic E-state index is 0.0507. The number of piperidine rings is 1. The van der Waals surface area contributed by atoms with Gasteiger partial charge < -0.3 is 10.2 Å². The van der Waals surface area contributed by atoms with Crippen LogP contribution >= 0.6 is 23.2 Å². The van der Waals surface area contributed by atoms with Crippen LogP contribution in [0.25, 0.3) is 10.8 Å². The number of nitrogens with one attached hydrogen (secondary N) is 1. The second-order valence-electron chi connectivity index (χ2n) is 10.4. The molecular formula is C33H33Cl2FN2O. The number of hydrogen-bond donors (Lipinski definition) is 1. The number of carbonyl (C=O) groups is 1. The molecule has 0 bridgehead atoms. The van der Waals surface area contributed by atoms with Gasteiger partial charge in [-0.1, -0.05) is 90.3 Å². The van der Waals surface area contributed by atoms with Crippen LogP contribution in [-0.2, 0) is 6.42 Å². The molecule has 1 aliphatic heterocycles. The molecule has 1 amide bonds.